The predicted octanol–water partition coefficient (Wildman–Crippen LogP) is 0.723. The van der Waals surface area contributed by atoms with E-state index >= 15 is 0 Å². The van der Waals surface area contributed by atoms with Crippen molar-refractivity contribution in [1.82, 2.24) is 5.32 Å². The molecule has 1 rings (SSSR count). The van der Waals surface area contributed by atoms with E-state index in [0.717, 1.165) is 25.0 Å². The molecule has 3 N–H and O–H groups in total. The summed E-state index contributed by atoms with van der Waals surface area (Å²) in [4.78, 5) is 0. The van der Waals surface area contributed by atoms with Gasteiger partial charge in [0.05, 0.1) is 0 Å². The van der Waals surface area contributed by atoms with E-state index in [0.29, 0.717) is 0 Å². The van der Waals surface area contributed by atoms with E-state index in [2.05, 4.69) is 12.2 Å². The van der Waals surface area contributed by atoms with Gasteiger partial charge in [-0.25, -0.2) is 0 Å². The minimum atomic E-state index is 0.763. The lowest BCUT2D eigenvalue weighted by molar-refractivity contribution is 0.509. The highest BCUT2D eigenvalue weighted by Gasteiger charge is 2.19. The molecule has 60 valence electrons. The maximum Gasteiger partial charge on any atom is 0.00770 e. The van der Waals surface area contributed by atoms with Gasteiger partial charge < -0.3 is 11.1 Å². The van der Waals surface area contributed by atoms with E-state index in [1.807, 2.05) is 0 Å². The van der Waals surface area contributed by atoms with Gasteiger partial charge in [0.1, 0.15) is 0 Å². The molecule has 0 spiro atoms. The zero-order valence-electron chi connectivity index (χ0n) is 6.77. The van der Waals surface area contributed by atoms with E-state index in [9.17, 15) is 0 Å². The van der Waals surface area contributed by atoms with Gasteiger partial charge in [0.2, 0.25) is 0 Å². The Morgan fingerprint density at radius 1 is 1.50 bits per heavy atom. The van der Waals surface area contributed by atoms with Crippen LogP contribution in [0.1, 0.15) is 26.2 Å². The number of rotatable bonds is 3. The first-order valence-electron chi connectivity index (χ1n) is 4.26. The number of nitrogens with two attached hydrogens (primary N) is 1. The third-order valence-corrected chi connectivity index (χ3v) is 2.27. The van der Waals surface area contributed by atoms with Crippen LogP contribution in [0.2, 0.25) is 0 Å². The van der Waals surface area contributed by atoms with Crippen molar-refractivity contribution < 1.29 is 0 Å². The van der Waals surface area contributed by atoms with Crippen LogP contribution >= 0.6 is 0 Å². The largest absolute Gasteiger partial charge is 0.329 e. The van der Waals surface area contributed by atoms with E-state index in [1.165, 1.54) is 19.3 Å². The second kappa shape index (κ2) is 3.94. The minimum Gasteiger partial charge on any atom is -0.329 e. The van der Waals surface area contributed by atoms with Gasteiger partial charge in [-0.2, -0.15) is 0 Å². The summed E-state index contributed by atoms with van der Waals surface area (Å²) in [6, 6.07) is 0.763. The monoisotopic (exact) mass is 142 g/mol. The van der Waals surface area contributed by atoms with Crippen molar-refractivity contribution >= 4 is 0 Å². The minimum absolute atomic E-state index is 0.763. The molecule has 0 saturated heterocycles. The van der Waals surface area contributed by atoms with Crippen LogP contribution < -0.4 is 11.1 Å². The van der Waals surface area contributed by atoms with E-state index < -0.39 is 0 Å². The highest BCUT2D eigenvalue weighted by molar-refractivity contribution is 4.77. The highest BCUT2D eigenvalue weighted by atomic mass is 14.9. The van der Waals surface area contributed by atoms with Crippen molar-refractivity contribution in [3.05, 3.63) is 0 Å². The van der Waals surface area contributed by atoms with Gasteiger partial charge in [0.15, 0.2) is 0 Å². The molecule has 0 radical (unpaired) electrons. The fourth-order valence-electron chi connectivity index (χ4n) is 1.68. The number of hydrogen-bond donors (Lipinski definition) is 2. The zero-order valence-corrected chi connectivity index (χ0v) is 6.77. The van der Waals surface area contributed by atoms with Gasteiger partial charge >= 0.3 is 0 Å². The molecule has 0 aromatic carbocycles. The van der Waals surface area contributed by atoms with Gasteiger partial charge in [-0.05, 0) is 25.2 Å². The Balaban J connectivity index is 2.06. The van der Waals surface area contributed by atoms with Gasteiger partial charge in [-0.15, -0.1) is 0 Å². The second-order valence-electron chi connectivity index (χ2n) is 3.36. The average Bonchev–Trinajstić information content (AvgIpc) is 2.31. The van der Waals surface area contributed by atoms with Crippen LogP contribution in [0.3, 0.4) is 0 Å². The lowest BCUT2D eigenvalue weighted by Crippen LogP contribution is -2.31. The molecule has 0 heterocycles. The van der Waals surface area contributed by atoms with Crippen molar-refractivity contribution in [2.45, 2.75) is 32.2 Å². The lowest BCUT2D eigenvalue weighted by atomic mass is 10.1. The highest BCUT2D eigenvalue weighted by Crippen LogP contribution is 2.24. The van der Waals surface area contributed by atoms with Crippen molar-refractivity contribution in [3.8, 4) is 0 Å². The zero-order chi connectivity index (χ0) is 7.40. The SMILES string of the molecule is CC1CCC(NCCN)C1. The third kappa shape index (κ3) is 2.27. The molecule has 0 aromatic heterocycles. The summed E-state index contributed by atoms with van der Waals surface area (Å²) in [6.07, 6.45) is 4.09. The molecule has 2 unspecified atom stereocenters. The van der Waals surface area contributed by atoms with Crippen molar-refractivity contribution in [1.29, 1.82) is 0 Å². The Kier molecular flexibility index (Phi) is 3.16. The topological polar surface area (TPSA) is 38.0 Å². The van der Waals surface area contributed by atoms with Crippen LogP contribution in [-0.2, 0) is 0 Å². The predicted molar refractivity (Wildman–Crippen MR) is 43.9 cm³/mol. The Bertz CT molecular complexity index is 93.3. The summed E-state index contributed by atoms with van der Waals surface area (Å²) >= 11 is 0. The van der Waals surface area contributed by atoms with Gasteiger partial charge in [0.25, 0.3) is 0 Å². The average molecular weight is 142 g/mol. The lowest BCUT2D eigenvalue weighted by Gasteiger charge is -2.10. The summed E-state index contributed by atoms with van der Waals surface area (Å²) in [5.41, 5.74) is 5.38. The number of hydrogen-bond acceptors (Lipinski definition) is 2. The molecular weight excluding hydrogens is 124 g/mol. The maximum atomic E-state index is 5.38. The Hall–Kier alpha value is -0.0800. The van der Waals surface area contributed by atoms with E-state index in [1.54, 1.807) is 0 Å². The summed E-state index contributed by atoms with van der Waals surface area (Å²) in [5, 5.41) is 3.44. The molecule has 0 bridgehead atoms. The third-order valence-electron chi connectivity index (χ3n) is 2.27. The summed E-state index contributed by atoms with van der Waals surface area (Å²) < 4.78 is 0. The van der Waals surface area contributed by atoms with Gasteiger partial charge in [-0.3, -0.25) is 0 Å². The van der Waals surface area contributed by atoms with Crippen LogP contribution in [0.4, 0.5) is 0 Å². The summed E-state index contributed by atoms with van der Waals surface area (Å²) in [6.45, 7) is 4.08. The normalized spacial score (nSPS) is 33.0. The molecule has 2 nitrogen and oxygen atoms in total. The molecule has 0 amide bonds. The smallest absolute Gasteiger partial charge is 0.00770 e. The molecule has 1 saturated carbocycles. The Labute approximate surface area is 63.2 Å². The molecule has 10 heavy (non-hydrogen) atoms. The molecule has 1 aliphatic rings. The maximum absolute atomic E-state index is 5.38. The van der Waals surface area contributed by atoms with E-state index in [4.69, 9.17) is 5.73 Å². The Morgan fingerprint density at radius 2 is 2.30 bits per heavy atom. The van der Waals surface area contributed by atoms with Crippen LogP contribution in [-0.4, -0.2) is 19.1 Å². The Morgan fingerprint density at radius 3 is 2.80 bits per heavy atom. The quantitative estimate of drug-likeness (QED) is 0.609. The van der Waals surface area contributed by atoms with Crippen LogP contribution in [0.25, 0.3) is 0 Å². The van der Waals surface area contributed by atoms with Crippen LogP contribution in [0, 0.1) is 5.92 Å². The molecule has 2 heteroatoms. The molecular formula is C8H18N2. The first kappa shape index (κ1) is 8.02. The number of nitrogens with one attached hydrogen (secondary N) is 1. The molecule has 0 aliphatic heterocycles. The first-order valence-corrected chi connectivity index (χ1v) is 4.26. The second-order valence-corrected chi connectivity index (χ2v) is 3.36. The molecule has 0 aromatic rings. The fourth-order valence-corrected chi connectivity index (χ4v) is 1.68. The van der Waals surface area contributed by atoms with Gasteiger partial charge in [-0.1, -0.05) is 6.92 Å². The first-order chi connectivity index (χ1) is 4.83. The van der Waals surface area contributed by atoms with E-state index in [-0.39, 0.29) is 0 Å². The standard InChI is InChI=1S/C8H18N2/c1-7-2-3-8(6-7)10-5-4-9/h7-8,10H,2-6,9H2,1H3. The van der Waals surface area contributed by atoms with Crippen LogP contribution in [0.5, 0.6) is 0 Å². The summed E-state index contributed by atoms with van der Waals surface area (Å²) in [5.74, 6) is 0.926. The fraction of sp³-hybridized carbons (Fsp3) is 1.00. The molecule has 1 aliphatic carbocycles. The van der Waals surface area contributed by atoms with Crippen molar-refractivity contribution in [2.24, 2.45) is 11.7 Å². The molecule has 2 atom stereocenters. The summed E-state index contributed by atoms with van der Waals surface area (Å²) in [7, 11) is 0. The van der Waals surface area contributed by atoms with Crippen LogP contribution in [0.15, 0.2) is 0 Å². The van der Waals surface area contributed by atoms with Gasteiger partial charge in [0, 0.05) is 19.1 Å². The van der Waals surface area contributed by atoms with Crippen molar-refractivity contribution in [2.75, 3.05) is 13.1 Å². The van der Waals surface area contributed by atoms with Crippen molar-refractivity contribution in [3.63, 3.8) is 0 Å². The molecule has 1 fully saturated rings.